The van der Waals surface area contributed by atoms with Crippen LogP contribution in [0.15, 0.2) is 0 Å². The Hall–Kier alpha value is 1.10. The summed E-state index contributed by atoms with van der Waals surface area (Å²) in [5.41, 5.74) is 0. The maximum atomic E-state index is 10.6. The van der Waals surface area contributed by atoms with Crippen LogP contribution in [0.3, 0.4) is 0 Å². The molecule has 56 valence electrons. The molecule has 0 fully saturated rings. The van der Waals surface area contributed by atoms with Crippen molar-refractivity contribution in [2.45, 2.75) is 18.7 Å². The van der Waals surface area contributed by atoms with Crippen molar-refractivity contribution in [3.63, 3.8) is 0 Å². The lowest BCUT2D eigenvalue weighted by atomic mass is 10.4. The van der Waals surface area contributed by atoms with Gasteiger partial charge in [0.1, 0.15) is 0 Å². The molecule has 0 aliphatic rings. The van der Waals surface area contributed by atoms with Crippen molar-refractivity contribution in [1.82, 2.24) is 0 Å². The van der Waals surface area contributed by atoms with Crippen LogP contribution in [0, 0.1) is 0 Å². The van der Waals surface area contributed by atoms with Gasteiger partial charge in [0.2, 0.25) is 0 Å². The zero-order valence-corrected chi connectivity index (χ0v) is 8.14. The summed E-state index contributed by atoms with van der Waals surface area (Å²) in [6, 6.07) is 0. The van der Waals surface area contributed by atoms with Gasteiger partial charge in [-0.1, -0.05) is 0 Å². The summed E-state index contributed by atoms with van der Waals surface area (Å²) in [4.78, 5) is 0. The Labute approximate surface area is 69.6 Å². The van der Waals surface area contributed by atoms with Gasteiger partial charge in [0.25, 0.3) is 5.85 Å². The van der Waals surface area contributed by atoms with Gasteiger partial charge in [-0.05, 0) is 35.8 Å². The van der Waals surface area contributed by atoms with Crippen LogP contribution in [-0.4, -0.2) is 11.5 Å². The van der Waals surface area contributed by atoms with Gasteiger partial charge < -0.3 is 0 Å². The molecular weight excluding hydrogens is 201 g/mol. The molecule has 0 saturated heterocycles. The van der Waals surface area contributed by atoms with Crippen molar-refractivity contribution in [2.24, 2.45) is 0 Å². The summed E-state index contributed by atoms with van der Waals surface area (Å²) in [5.74, 6) is -2.86. The average Bonchev–Trinajstić information content (AvgIpc) is 1.59. The number of hydrogen-bond acceptors (Lipinski definition) is 1. The molecule has 1 atom stereocenters. The van der Waals surface area contributed by atoms with E-state index in [1.165, 1.54) is 0 Å². The van der Waals surface area contributed by atoms with Gasteiger partial charge in [0.15, 0.2) is 0 Å². The molecule has 0 aliphatic carbocycles. The van der Waals surface area contributed by atoms with Gasteiger partial charge in [0, 0.05) is 11.5 Å². The topological polar surface area (TPSA) is 17.1 Å². The van der Waals surface area contributed by atoms with E-state index in [0.29, 0.717) is 12.6 Å². The molecule has 0 heterocycles. The van der Waals surface area contributed by atoms with E-state index >= 15 is 0 Å². The fourth-order valence-electron chi connectivity index (χ4n) is 0.328. The molecule has 0 amide bonds. The lowest BCUT2D eigenvalue weighted by Crippen LogP contribution is -1.92. The molecule has 0 spiro atoms. The maximum Gasteiger partial charge on any atom is 0.253 e. The summed E-state index contributed by atoms with van der Waals surface area (Å²) in [5, 5.41) is -0.00387. The first-order chi connectivity index (χ1) is 3.92. The van der Waals surface area contributed by atoms with E-state index in [2.05, 4.69) is 0 Å². The van der Waals surface area contributed by atoms with Crippen molar-refractivity contribution in [3.8, 4) is 0 Å². The van der Waals surface area contributed by atoms with E-state index in [-0.39, 0.29) is 5.38 Å². The molecule has 5 heteroatoms. The van der Waals surface area contributed by atoms with Gasteiger partial charge in [-0.2, -0.15) is 0 Å². The molecule has 0 radical (unpaired) electrons. The Balaban J connectivity index is 3.40. The van der Waals surface area contributed by atoms with E-state index in [4.69, 9.17) is 34.1 Å². The molecule has 0 saturated carbocycles. The largest absolute Gasteiger partial charge is 0.289 e. The van der Waals surface area contributed by atoms with E-state index < -0.39 is 5.85 Å². The van der Waals surface area contributed by atoms with E-state index in [1.54, 1.807) is 0 Å². The van der Waals surface area contributed by atoms with E-state index in [9.17, 15) is 4.57 Å². The minimum absolute atomic E-state index is 0.00387. The fraction of sp³-hybridized carbons (Fsp3) is 1.00. The van der Waals surface area contributed by atoms with Crippen LogP contribution in [-0.2, 0) is 4.57 Å². The lowest BCUT2D eigenvalue weighted by molar-refractivity contribution is 0.591. The van der Waals surface area contributed by atoms with Crippen LogP contribution in [0.4, 0.5) is 0 Å². The first kappa shape index (κ1) is 10.1. The normalized spacial score (nSPS) is 15.6. The zero-order chi connectivity index (χ0) is 7.49. The Kier molecular flexibility index (Phi) is 4.58. The quantitative estimate of drug-likeness (QED) is 0.512. The van der Waals surface area contributed by atoms with Crippen LogP contribution < -0.4 is 0 Å². The summed E-state index contributed by atoms with van der Waals surface area (Å²) in [6.45, 7) is 1.81. The summed E-state index contributed by atoms with van der Waals surface area (Å²) < 4.78 is 10.6. The standard InChI is InChI=1S/C4H8Cl3OP/c1-4(5)2-3-9(6,7)8/h4H,2-3H2,1H3. The first-order valence-corrected chi connectivity index (χ1v) is 6.68. The van der Waals surface area contributed by atoms with E-state index in [1.807, 2.05) is 6.92 Å². The van der Waals surface area contributed by atoms with Crippen molar-refractivity contribution < 1.29 is 4.57 Å². The van der Waals surface area contributed by atoms with Crippen LogP contribution in [0.2, 0.25) is 0 Å². The molecule has 1 nitrogen and oxygen atoms in total. The summed E-state index contributed by atoms with van der Waals surface area (Å²) >= 11 is 16.0. The van der Waals surface area contributed by atoms with Gasteiger partial charge in [0.05, 0.1) is 0 Å². The fourth-order valence-corrected chi connectivity index (χ4v) is 1.86. The Morgan fingerprint density at radius 2 is 2.00 bits per heavy atom. The van der Waals surface area contributed by atoms with Gasteiger partial charge >= 0.3 is 0 Å². The van der Waals surface area contributed by atoms with Crippen molar-refractivity contribution in [1.29, 1.82) is 0 Å². The molecular formula is C4H8Cl3OP. The van der Waals surface area contributed by atoms with Crippen LogP contribution in [0.25, 0.3) is 0 Å². The summed E-state index contributed by atoms with van der Waals surface area (Å²) in [6.07, 6.45) is 0.909. The van der Waals surface area contributed by atoms with Crippen LogP contribution in [0.1, 0.15) is 13.3 Å². The van der Waals surface area contributed by atoms with E-state index in [0.717, 1.165) is 0 Å². The lowest BCUT2D eigenvalue weighted by Gasteiger charge is -2.01. The smallest absolute Gasteiger partial charge is 0.253 e. The number of alkyl halides is 1. The van der Waals surface area contributed by atoms with Crippen LogP contribution >= 0.6 is 39.9 Å². The van der Waals surface area contributed by atoms with Gasteiger partial charge in [-0.25, -0.2) is 0 Å². The predicted octanol–water partition coefficient (Wildman–Crippen LogP) is 3.67. The number of halogens is 3. The Morgan fingerprint density at radius 3 is 2.11 bits per heavy atom. The molecule has 0 aliphatic heterocycles. The van der Waals surface area contributed by atoms with Crippen molar-refractivity contribution in [2.75, 3.05) is 6.16 Å². The molecule has 0 bridgehead atoms. The monoisotopic (exact) mass is 208 g/mol. The highest BCUT2D eigenvalue weighted by atomic mass is 35.9. The van der Waals surface area contributed by atoms with Crippen molar-refractivity contribution >= 4 is 39.9 Å². The third-order valence-electron chi connectivity index (χ3n) is 0.787. The molecule has 0 aromatic heterocycles. The van der Waals surface area contributed by atoms with Crippen LogP contribution in [0.5, 0.6) is 0 Å². The summed E-state index contributed by atoms with van der Waals surface area (Å²) in [7, 11) is 0. The maximum absolute atomic E-state index is 10.6. The number of hydrogen-bond donors (Lipinski definition) is 0. The molecule has 9 heavy (non-hydrogen) atoms. The average molecular weight is 209 g/mol. The first-order valence-electron chi connectivity index (χ1n) is 2.54. The Bertz CT molecular complexity index is 119. The highest BCUT2D eigenvalue weighted by Crippen LogP contribution is 2.57. The zero-order valence-electron chi connectivity index (χ0n) is 4.98. The molecule has 0 rings (SSSR count). The predicted molar refractivity (Wildman–Crippen MR) is 44.1 cm³/mol. The second kappa shape index (κ2) is 4.08. The SMILES string of the molecule is CC(Cl)CCP(=O)(Cl)Cl. The van der Waals surface area contributed by atoms with Gasteiger partial charge in [-0.15, -0.1) is 11.6 Å². The Morgan fingerprint density at radius 1 is 1.56 bits per heavy atom. The highest BCUT2D eigenvalue weighted by Gasteiger charge is 2.13. The second-order valence-electron chi connectivity index (χ2n) is 1.86. The third kappa shape index (κ3) is 9.10. The molecule has 0 aromatic rings. The highest BCUT2D eigenvalue weighted by molar-refractivity contribution is 8.08. The molecule has 1 unspecified atom stereocenters. The third-order valence-corrected chi connectivity index (χ3v) is 2.80. The van der Waals surface area contributed by atoms with Crippen molar-refractivity contribution in [3.05, 3.63) is 0 Å². The van der Waals surface area contributed by atoms with Gasteiger partial charge in [-0.3, -0.25) is 4.57 Å². The number of rotatable bonds is 3. The molecule has 0 N–H and O–H groups in total. The minimum atomic E-state index is -2.86. The minimum Gasteiger partial charge on any atom is -0.289 e. The molecule has 0 aromatic carbocycles. The second-order valence-corrected chi connectivity index (χ2v) is 7.99.